The van der Waals surface area contributed by atoms with Crippen molar-refractivity contribution in [2.24, 2.45) is 0 Å². The molecular formula is C11H14N4OS. The molecule has 0 spiro atoms. The van der Waals surface area contributed by atoms with Gasteiger partial charge in [0.05, 0.1) is 6.54 Å². The van der Waals surface area contributed by atoms with E-state index >= 15 is 0 Å². The van der Waals surface area contributed by atoms with E-state index < -0.39 is 0 Å². The van der Waals surface area contributed by atoms with Gasteiger partial charge in [0.1, 0.15) is 11.0 Å². The van der Waals surface area contributed by atoms with Gasteiger partial charge >= 0.3 is 0 Å². The highest BCUT2D eigenvalue weighted by atomic mass is 32.1. The van der Waals surface area contributed by atoms with Crippen molar-refractivity contribution in [2.45, 2.75) is 26.4 Å². The standard InChI is InChI=1S/C11H14N4OS/c1-8-7-17-10(14-8)6-12-11(16)9(2)15-5-3-4-13-15/h3-5,7,9H,6H2,1-2H3,(H,12,16). The summed E-state index contributed by atoms with van der Waals surface area (Å²) in [6, 6.07) is 1.50. The molecular weight excluding hydrogens is 236 g/mol. The molecule has 1 N–H and O–H groups in total. The van der Waals surface area contributed by atoms with Crippen molar-refractivity contribution in [1.29, 1.82) is 0 Å². The number of rotatable bonds is 4. The Morgan fingerprint density at radius 2 is 2.47 bits per heavy atom. The average Bonchev–Trinajstić information content (AvgIpc) is 2.95. The first-order chi connectivity index (χ1) is 8.16. The molecule has 2 aromatic rings. The predicted molar refractivity (Wildman–Crippen MR) is 65.6 cm³/mol. The zero-order valence-electron chi connectivity index (χ0n) is 9.75. The summed E-state index contributed by atoms with van der Waals surface area (Å²) in [7, 11) is 0. The lowest BCUT2D eigenvalue weighted by Crippen LogP contribution is -2.30. The molecule has 0 aromatic carbocycles. The third kappa shape index (κ3) is 2.91. The number of hydrogen-bond donors (Lipinski definition) is 1. The van der Waals surface area contributed by atoms with E-state index in [1.807, 2.05) is 19.2 Å². The van der Waals surface area contributed by atoms with E-state index in [0.717, 1.165) is 10.7 Å². The number of aromatic nitrogens is 3. The lowest BCUT2D eigenvalue weighted by Gasteiger charge is -2.11. The van der Waals surface area contributed by atoms with E-state index in [9.17, 15) is 4.79 Å². The van der Waals surface area contributed by atoms with Crippen LogP contribution >= 0.6 is 11.3 Å². The lowest BCUT2D eigenvalue weighted by molar-refractivity contribution is -0.124. The molecule has 0 bridgehead atoms. The Kier molecular flexibility index (Phi) is 3.53. The Bertz CT molecular complexity index is 491. The second-order valence-electron chi connectivity index (χ2n) is 3.76. The van der Waals surface area contributed by atoms with Gasteiger partial charge in [0, 0.05) is 23.5 Å². The van der Waals surface area contributed by atoms with Gasteiger partial charge in [0.25, 0.3) is 0 Å². The zero-order valence-corrected chi connectivity index (χ0v) is 10.6. The molecule has 2 heterocycles. The van der Waals surface area contributed by atoms with Gasteiger partial charge in [-0.15, -0.1) is 11.3 Å². The fraction of sp³-hybridized carbons (Fsp3) is 0.364. The fourth-order valence-corrected chi connectivity index (χ4v) is 2.14. The molecule has 6 heteroatoms. The number of nitrogens with zero attached hydrogens (tertiary/aromatic N) is 3. The molecule has 1 unspecified atom stereocenters. The highest BCUT2D eigenvalue weighted by Crippen LogP contribution is 2.09. The highest BCUT2D eigenvalue weighted by molar-refractivity contribution is 7.09. The number of nitrogens with one attached hydrogen (secondary N) is 1. The van der Waals surface area contributed by atoms with Crippen LogP contribution in [0.25, 0.3) is 0 Å². The molecule has 5 nitrogen and oxygen atoms in total. The molecule has 0 radical (unpaired) electrons. The van der Waals surface area contributed by atoms with Crippen molar-refractivity contribution in [3.63, 3.8) is 0 Å². The van der Waals surface area contributed by atoms with Crippen molar-refractivity contribution < 1.29 is 4.79 Å². The van der Waals surface area contributed by atoms with Crippen LogP contribution in [0.5, 0.6) is 0 Å². The number of thiazole rings is 1. The van der Waals surface area contributed by atoms with Crippen LogP contribution in [0.2, 0.25) is 0 Å². The van der Waals surface area contributed by atoms with Gasteiger partial charge in [-0.25, -0.2) is 4.98 Å². The van der Waals surface area contributed by atoms with Crippen LogP contribution in [-0.4, -0.2) is 20.7 Å². The number of hydrogen-bond acceptors (Lipinski definition) is 4. The summed E-state index contributed by atoms with van der Waals surface area (Å²) in [5.74, 6) is -0.0541. The third-order valence-electron chi connectivity index (χ3n) is 2.38. The fourth-order valence-electron chi connectivity index (χ4n) is 1.42. The van der Waals surface area contributed by atoms with Gasteiger partial charge in [-0.3, -0.25) is 9.48 Å². The Hall–Kier alpha value is -1.69. The first-order valence-electron chi connectivity index (χ1n) is 5.34. The maximum atomic E-state index is 11.8. The summed E-state index contributed by atoms with van der Waals surface area (Å²) in [6.07, 6.45) is 3.44. The molecule has 0 aliphatic rings. The van der Waals surface area contributed by atoms with Gasteiger partial charge < -0.3 is 5.32 Å². The molecule has 0 aliphatic heterocycles. The lowest BCUT2D eigenvalue weighted by atomic mass is 10.3. The van der Waals surface area contributed by atoms with Crippen molar-refractivity contribution in [1.82, 2.24) is 20.1 Å². The first-order valence-corrected chi connectivity index (χ1v) is 6.22. The van der Waals surface area contributed by atoms with Crippen LogP contribution in [0, 0.1) is 6.92 Å². The van der Waals surface area contributed by atoms with Gasteiger partial charge in [-0.2, -0.15) is 5.10 Å². The smallest absolute Gasteiger partial charge is 0.244 e. The first kappa shape index (κ1) is 11.8. The van der Waals surface area contributed by atoms with E-state index in [0.29, 0.717) is 6.54 Å². The minimum atomic E-state index is -0.300. The monoisotopic (exact) mass is 250 g/mol. The number of carbonyl (C=O) groups is 1. The van der Waals surface area contributed by atoms with E-state index in [1.165, 1.54) is 0 Å². The van der Waals surface area contributed by atoms with Crippen LogP contribution in [0.3, 0.4) is 0 Å². The maximum absolute atomic E-state index is 11.8. The second-order valence-corrected chi connectivity index (χ2v) is 4.71. The predicted octanol–water partition coefficient (Wildman–Crippen LogP) is 1.53. The van der Waals surface area contributed by atoms with Crippen molar-refractivity contribution >= 4 is 17.2 Å². The number of carbonyl (C=O) groups excluding carboxylic acids is 1. The molecule has 1 amide bonds. The van der Waals surface area contributed by atoms with Crippen LogP contribution in [0.1, 0.15) is 23.7 Å². The molecule has 0 fully saturated rings. The van der Waals surface area contributed by atoms with Gasteiger partial charge in [0.15, 0.2) is 0 Å². The second kappa shape index (κ2) is 5.09. The summed E-state index contributed by atoms with van der Waals surface area (Å²) in [5.41, 5.74) is 0.986. The zero-order chi connectivity index (χ0) is 12.3. The van der Waals surface area contributed by atoms with Crippen molar-refractivity contribution in [3.05, 3.63) is 34.5 Å². The molecule has 1 atom stereocenters. The summed E-state index contributed by atoms with van der Waals surface area (Å²) >= 11 is 1.55. The molecule has 17 heavy (non-hydrogen) atoms. The minimum absolute atomic E-state index is 0.0541. The summed E-state index contributed by atoms with van der Waals surface area (Å²) in [4.78, 5) is 16.1. The molecule has 90 valence electrons. The summed E-state index contributed by atoms with van der Waals surface area (Å²) in [5, 5.41) is 9.78. The van der Waals surface area contributed by atoms with Gasteiger partial charge in [-0.1, -0.05) is 0 Å². The van der Waals surface area contributed by atoms with E-state index in [-0.39, 0.29) is 11.9 Å². The SMILES string of the molecule is Cc1csc(CNC(=O)C(C)n2cccn2)n1. The normalized spacial score (nSPS) is 12.4. The topological polar surface area (TPSA) is 59.8 Å². The molecule has 2 aromatic heterocycles. The van der Waals surface area contributed by atoms with E-state index in [4.69, 9.17) is 0 Å². The minimum Gasteiger partial charge on any atom is -0.348 e. The van der Waals surface area contributed by atoms with Crippen LogP contribution in [0.15, 0.2) is 23.8 Å². The van der Waals surface area contributed by atoms with E-state index in [1.54, 1.807) is 34.5 Å². The number of amides is 1. The average molecular weight is 250 g/mol. The molecule has 0 aliphatic carbocycles. The highest BCUT2D eigenvalue weighted by Gasteiger charge is 2.14. The molecule has 0 saturated carbocycles. The molecule has 0 saturated heterocycles. The number of aryl methyl sites for hydroxylation is 1. The molecule has 2 rings (SSSR count). The van der Waals surface area contributed by atoms with Gasteiger partial charge in [0.2, 0.25) is 5.91 Å². The Morgan fingerprint density at radius 3 is 3.06 bits per heavy atom. The van der Waals surface area contributed by atoms with Crippen molar-refractivity contribution in [3.8, 4) is 0 Å². The quantitative estimate of drug-likeness (QED) is 0.895. The Labute approximate surface area is 103 Å². The van der Waals surface area contributed by atoms with Crippen LogP contribution < -0.4 is 5.32 Å². The Balaban J connectivity index is 1.89. The maximum Gasteiger partial charge on any atom is 0.244 e. The largest absolute Gasteiger partial charge is 0.348 e. The van der Waals surface area contributed by atoms with Gasteiger partial charge in [-0.05, 0) is 19.9 Å². The summed E-state index contributed by atoms with van der Waals surface area (Å²) in [6.45, 7) is 4.23. The summed E-state index contributed by atoms with van der Waals surface area (Å²) < 4.78 is 1.63. The van der Waals surface area contributed by atoms with Crippen LogP contribution in [0.4, 0.5) is 0 Å². The third-order valence-corrected chi connectivity index (χ3v) is 3.35. The Morgan fingerprint density at radius 1 is 1.65 bits per heavy atom. The van der Waals surface area contributed by atoms with Crippen molar-refractivity contribution in [2.75, 3.05) is 0 Å². The van der Waals surface area contributed by atoms with Crippen LogP contribution in [-0.2, 0) is 11.3 Å². The van der Waals surface area contributed by atoms with E-state index in [2.05, 4.69) is 15.4 Å².